The predicted octanol–water partition coefficient (Wildman–Crippen LogP) is 13.0. The van der Waals surface area contributed by atoms with E-state index in [0.29, 0.717) is 17.5 Å². The third-order valence-electron chi connectivity index (χ3n) is 10.2. The first-order chi connectivity index (χ1) is 25.2. The highest BCUT2D eigenvalue weighted by molar-refractivity contribution is 7.26. The van der Waals surface area contributed by atoms with Crippen molar-refractivity contribution in [2.24, 2.45) is 0 Å². The molecular formula is C47H27N3S. The summed E-state index contributed by atoms with van der Waals surface area (Å²) in [6.07, 6.45) is 0. The molecule has 236 valence electrons. The van der Waals surface area contributed by atoms with E-state index in [1.807, 2.05) is 11.3 Å². The SMILES string of the molecule is c1cc(-c2ccc3c(c2)c2cccc4sc5cccc3c5c42)cc(-c2nc(-c3ccc4ccccc4c3)nc(-c3cccc4ccccc34)n2)c1. The second-order valence-electron chi connectivity index (χ2n) is 13.2. The van der Waals surface area contributed by atoms with Crippen LogP contribution in [0.5, 0.6) is 0 Å². The fraction of sp³-hybridized carbons (Fsp3) is 0. The van der Waals surface area contributed by atoms with Gasteiger partial charge in [-0.3, -0.25) is 0 Å². The monoisotopic (exact) mass is 665 g/mol. The Morgan fingerprint density at radius 3 is 1.71 bits per heavy atom. The first-order valence-corrected chi connectivity index (χ1v) is 18.0. The van der Waals surface area contributed by atoms with E-state index in [9.17, 15) is 0 Å². The Hall–Kier alpha value is -6.49. The zero-order valence-corrected chi connectivity index (χ0v) is 28.2. The summed E-state index contributed by atoms with van der Waals surface area (Å²) in [5.74, 6) is 1.96. The van der Waals surface area contributed by atoms with Crippen LogP contribution in [0.2, 0.25) is 0 Å². The molecule has 0 aliphatic carbocycles. The van der Waals surface area contributed by atoms with Gasteiger partial charge in [0.15, 0.2) is 17.5 Å². The molecule has 11 aromatic rings. The van der Waals surface area contributed by atoms with Gasteiger partial charge in [-0.2, -0.15) is 0 Å². The van der Waals surface area contributed by atoms with Gasteiger partial charge in [0.2, 0.25) is 0 Å². The molecule has 0 bridgehead atoms. The molecule has 0 fully saturated rings. The van der Waals surface area contributed by atoms with Gasteiger partial charge in [-0.25, -0.2) is 15.0 Å². The van der Waals surface area contributed by atoms with Crippen LogP contribution in [0.1, 0.15) is 0 Å². The second kappa shape index (κ2) is 11.0. The summed E-state index contributed by atoms with van der Waals surface area (Å²) in [5, 5.41) is 12.6. The maximum absolute atomic E-state index is 5.16. The molecule has 0 unspecified atom stereocenters. The van der Waals surface area contributed by atoms with Crippen LogP contribution in [0.25, 0.3) is 109 Å². The number of nitrogens with zero attached hydrogens (tertiary/aromatic N) is 3. The van der Waals surface area contributed by atoms with Crippen molar-refractivity contribution in [2.45, 2.75) is 0 Å². The number of benzene rings is 9. The summed E-state index contributed by atoms with van der Waals surface area (Å²) in [5.41, 5.74) is 5.18. The van der Waals surface area contributed by atoms with Crippen molar-refractivity contribution in [2.75, 3.05) is 0 Å². The number of hydrogen-bond acceptors (Lipinski definition) is 4. The van der Waals surface area contributed by atoms with Crippen molar-refractivity contribution in [3.8, 4) is 45.3 Å². The van der Waals surface area contributed by atoms with Gasteiger partial charge < -0.3 is 0 Å². The van der Waals surface area contributed by atoms with E-state index in [4.69, 9.17) is 15.0 Å². The lowest BCUT2D eigenvalue weighted by molar-refractivity contribution is 1.08. The molecule has 0 saturated carbocycles. The summed E-state index contributed by atoms with van der Waals surface area (Å²) in [6, 6.07) is 58.5. The molecule has 2 heterocycles. The lowest BCUT2D eigenvalue weighted by Gasteiger charge is -2.13. The highest BCUT2D eigenvalue weighted by Crippen LogP contribution is 2.45. The minimum absolute atomic E-state index is 0.648. The van der Waals surface area contributed by atoms with Crippen molar-refractivity contribution in [3.63, 3.8) is 0 Å². The van der Waals surface area contributed by atoms with Gasteiger partial charge >= 0.3 is 0 Å². The summed E-state index contributed by atoms with van der Waals surface area (Å²) < 4.78 is 2.69. The summed E-state index contributed by atoms with van der Waals surface area (Å²) >= 11 is 1.88. The standard InChI is InChI=1S/C47H27N3S/c1-2-11-30-25-34(22-21-28(30)9-1)46-48-45(49-47(50-46)39-18-6-12-29-10-3-4-15-35(29)39)33-14-5-13-31(26-33)32-23-24-36-37-16-7-19-41-43(37)44-38(40(36)27-32)17-8-20-42(44)51-41/h1-27H. The Balaban J connectivity index is 1.10. The lowest BCUT2D eigenvalue weighted by atomic mass is 9.92. The van der Waals surface area contributed by atoms with Crippen molar-refractivity contribution >= 4 is 74.6 Å². The van der Waals surface area contributed by atoms with Crippen LogP contribution < -0.4 is 0 Å². The van der Waals surface area contributed by atoms with Gasteiger partial charge in [-0.05, 0) is 84.5 Å². The van der Waals surface area contributed by atoms with Crippen LogP contribution in [0.4, 0.5) is 0 Å². The first-order valence-electron chi connectivity index (χ1n) is 17.2. The molecular weight excluding hydrogens is 639 g/mol. The quantitative estimate of drug-likeness (QED) is 0.176. The van der Waals surface area contributed by atoms with E-state index >= 15 is 0 Å². The number of rotatable bonds is 4. The van der Waals surface area contributed by atoms with Gasteiger partial charge in [-0.1, -0.05) is 133 Å². The van der Waals surface area contributed by atoms with Crippen molar-refractivity contribution in [1.82, 2.24) is 15.0 Å². The first kappa shape index (κ1) is 28.4. The third kappa shape index (κ3) is 4.47. The van der Waals surface area contributed by atoms with Crippen LogP contribution in [0.3, 0.4) is 0 Å². The van der Waals surface area contributed by atoms with Gasteiger partial charge in [0.25, 0.3) is 0 Å². The largest absolute Gasteiger partial charge is 0.208 e. The minimum Gasteiger partial charge on any atom is -0.208 e. The topological polar surface area (TPSA) is 38.7 Å². The Bertz CT molecular complexity index is 3150. The molecule has 4 heteroatoms. The van der Waals surface area contributed by atoms with Crippen LogP contribution in [0.15, 0.2) is 164 Å². The van der Waals surface area contributed by atoms with Gasteiger partial charge in [0, 0.05) is 36.9 Å². The molecule has 0 aliphatic heterocycles. The van der Waals surface area contributed by atoms with E-state index in [1.165, 1.54) is 47.1 Å². The molecule has 0 saturated heterocycles. The average Bonchev–Trinajstić information content (AvgIpc) is 3.59. The Labute approximate surface area is 297 Å². The highest BCUT2D eigenvalue weighted by Gasteiger charge is 2.18. The Kier molecular flexibility index (Phi) is 6.12. The summed E-state index contributed by atoms with van der Waals surface area (Å²) in [4.78, 5) is 15.4. The summed E-state index contributed by atoms with van der Waals surface area (Å²) in [6.45, 7) is 0. The van der Waals surface area contributed by atoms with E-state index in [1.54, 1.807) is 0 Å². The van der Waals surface area contributed by atoms with Crippen LogP contribution in [0, 0.1) is 0 Å². The predicted molar refractivity (Wildman–Crippen MR) is 216 cm³/mol. The van der Waals surface area contributed by atoms with E-state index in [0.717, 1.165) is 44.0 Å². The normalized spacial score (nSPS) is 11.9. The lowest BCUT2D eigenvalue weighted by Crippen LogP contribution is -2.00. The van der Waals surface area contributed by atoms with Crippen molar-refractivity contribution in [1.29, 1.82) is 0 Å². The molecule has 51 heavy (non-hydrogen) atoms. The van der Waals surface area contributed by atoms with Crippen LogP contribution >= 0.6 is 11.3 Å². The highest BCUT2D eigenvalue weighted by atomic mass is 32.1. The van der Waals surface area contributed by atoms with Crippen LogP contribution in [-0.4, -0.2) is 15.0 Å². The van der Waals surface area contributed by atoms with Crippen molar-refractivity contribution < 1.29 is 0 Å². The van der Waals surface area contributed by atoms with Crippen molar-refractivity contribution in [3.05, 3.63) is 164 Å². The molecule has 0 atom stereocenters. The van der Waals surface area contributed by atoms with Gasteiger partial charge in [-0.15, -0.1) is 11.3 Å². The molecule has 11 rings (SSSR count). The molecule has 0 spiro atoms. The molecule has 2 aromatic heterocycles. The Morgan fingerprint density at radius 2 is 0.882 bits per heavy atom. The Morgan fingerprint density at radius 1 is 0.314 bits per heavy atom. The number of fused-ring (bicyclic) bond motifs is 5. The van der Waals surface area contributed by atoms with E-state index in [-0.39, 0.29) is 0 Å². The summed E-state index contributed by atoms with van der Waals surface area (Å²) in [7, 11) is 0. The fourth-order valence-corrected chi connectivity index (χ4v) is 9.00. The molecule has 0 radical (unpaired) electrons. The third-order valence-corrected chi connectivity index (χ3v) is 11.4. The van der Waals surface area contributed by atoms with E-state index in [2.05, 4.69) is 164 Å². The minimum atomic E-state index is 0.648. The maximum atomic E-state index is 5.16. The van der Waals surface area contributed by atoms with Gasteiger partial charge in [0.05, 0.1) is 0 Å². The zero-order valence-electron chi connectivity index (χ0n) is 27.3. The second-order valence-corrected chi connectivity index (χ2v) is 14.3. The molecule has 0 N–H and O–H groups in total. The maximum Gasteiger partial charge on any atom is 0.164 e. The molecule has 3 nitrogen and oxygen atoms in total. The number of thiophene rings is 1. The van der Waals surface area contributed by atoms with Gasteiger partial charge in [0.1, 0.15) is 0 Å². The molecule has 0 amide bonds. The molecule has 0 aliphatic rings. The average molecular weight is 666 g/mol. The number of hydrogen-bond donors (Lipinski definition) is 0. The van der Waals surface area contributed by atoms with Crippen LogP contribution in [-0.2, 0) is 0 Å². The smallest absolute Gasteiger partial charge is 0.164 e. The fourth-order valence-electron chi connectivity index (χ4n) is 7.84. The number of aromatic nitrogens is 3. The molecule has 9 aromatic carbocycles. The van der Waals surface area contributed by atoms with E-state index < -0.39 is 0 Å². The zero-order chi connectivity index (χ0) is 33.5.